The molecule has 0 aliphatic rings. The maximum Gasteiger partial charge on any atom is 0.205 e. The molecule has 0 spiro atoms. The van der Waals surface area contributed by atoms with Crippen molar-refractivity contribution in [1.82, 2.24) is 0 Å². The Bertz CT molecular complexity index is 549. The van der Waals surface area contributed by atoms with Crippen molar-refractivity contribution in [3.63, 3.8) is 0 Å². The van der Waals surface area contributed by atoms with Crippen LogP contribution in [0.1, 0.15) is 10.4 Å². The molecular weight excluding hydrogens is 246 g/mol. The third-order valence-corrected chi connectivity index (χ3v) is 2.67. The Labute approximate surface area is 111 Å². The normalized spacial score (nSPS) is 11.1. The van der Waals surface area contributed by atoms with Crippen LogP contribution in [0.3, 0.4) is 0 Å². The molecule has 1 N–H and O–H groups in total. The highest BCUT2D eigenvalue weighted by Crippen LogP contribution is 2.13. The monoisotopic (exact) mass is 257 g/mol. The number of nitrogens with one attached hydrogen (secondary N) is 1. The van der Waals surface area contributed by atoms with Gasteiger partial charge in [0, 0.05) is 17.5 Å². The first-order valence-electron chi connectivity index (χ1n) is 5.54. The predicted octanol–water partition coefficient (Wildman–Crippen LogP) is 4.06. The van der Waals surface area contributed by atoms with Crippen LogP contribution in [0.2, 0.25) is 0 Å². The van der Waals surface area contributed by atoms with E-state index in [1.165, 1.54) is 6.20 Å². The lowest BCUT2D eigenvalue weighted by atomic mass is 10.1. The number of benzene rings is 2. The second kappa shape index (κ2) is 6.03. The zero-order valence-electron chi connectivity index (χ0n) is 9.64. The molecule has 0 amide bonds. The molecule has 2 rings (SSSR count). The molecule has 0 aliphatic heterocycles. The number of halogens is 1. The van der Waals surface area contributed by atoms with Gasteiger partial charge in [0.1, 0.15) is 5.03 Å². The Hall–Kier alpha value is -2.06. The van der Waals surface area contributed by atoms with E-state index in [2.05, 4.69) is 5.32 Å². The maximum atomic E-state index is 11.9. The predicted molar refractivity (Wildman–Crippen MR) is 74.8 cm³/mol. The van der Waals surface area contributed by atoms with E-state index >= 15 is 0 Å². The average molecular weight is 258 g/mol. The van der Waals surface area contributed by atoms with Crippen LogP contribution in [-0.2, 0) is 0 Å². The van der Waals surface area contributed by atoms with E-state index in [4.69, 9.17) is 11.6 Å². The van der Waals surface area contributed by atoms with Gasteiger partial charge in [-0.3, -0.25) is 4.79 Å². The first kappa shape index (κ1) is 12.4. The van der Waals surface area contributed by atoms with Crippen molar-refractivity contribution in [3.8, 4) is 0 Å². The minimum absolute atomic E-state index is 0.157. The molecule has 0 unspecified atom stereocenters. The van der Waals surface area contributed by atoms with Gasteiger partial charge in [0.05, 0.1) is 0 Å². The summed E-state index contributed by atoms with van der Waals surface area (Å²) in [6.07, 6.45) is 1.51. The molecule has 0 saturated heterocycles. The fourth-order valence-corrected chi connectivity index (χ4v) is 1.64. The van der Waals surface area contributed by atoms with Crippen molar-refractivity contribution in [3.05, 3.63) is 77.5 Å². The van der Waals surface area contributed by atoms with Gasteiger partial charge in [0.2, 0.25) is 5.78 Å². The molecule has 2 aromatic carbocycles. The SMILES string of the molecule is O=C(/C(Cl)=C/Nc1ccccc1)c1ccccc1. The van der Waals surface area contributed by atoms with Crippen LogP contribution in [0.25, 0.3) is 0 Å². The Kier molecular flexibility index (Phi) is 4.15. The fraction of sp³-hybridized carbons (Fsp3) is 0. The summed E-state index contributed by atoms with van der Waals surface area (Å²) in [6.45, 7) is 0. The van der Waals surface area contributed by atoms with Gasteiger partial charge in [-0.2, -0.15) is 0 Å². The second-order valence-electron chi connectivity index (χ2n) is 3.70. The van der Waals surface area contributed by atoms with Crippen LogP contribution < -0.4 is 5.32 Å². The van der Waals surface area contributed by atoms with Crippen LogP contribution in [0, 0.1) is 0 Å². The number of rotatable bonds is 4. The fourth-order valence-electron chi connectivity index (χ4n) is 1.47. The lowest BCUT2D eigenvalue weighted by Gasteiger charge is -2.02. The number of carbonyl (C=O) groups is 1. The minimum atomic E-state index is -0.194. The van der Waals surface area contributed by atoms with Crippen LogP contribution in [0.15, 0.2) is 71.9 Å². The topological polar surface area (TPSA) is 29.1 Å². The highest BCUT2D eigenvalue weighted by molar-refractivity contribution is 6.45. The molecular formula is C15H12ClNO. The van der Waals surface area contributed by atoms with Gasteiger partial charge in [0.25, 0.3) is 0 Å². The van der Waals surface area contributed by atoms with E-state index in [0.29, 0.717) is 5.56 Å². The summed E-state index contributed by atoms with van der Waals surface area (Å²) >= 11 is 5.96. The molecule has 3 heteroatoms. The average Bonchev–Trinajstić information content (AvgIpc) is 2.46. The highest BCUT2D eigenvalue weighted by atomic mass is 35.5. The van der Waals surface area contributed by atoms with E-state index in [1.54, 1.807) is 12.1 Å². The third kappa shape index (κ3) is 3.22. The number of hydrogen-bond acceptors (Lipinski definition) is 2. The van der Waals surface area contributed by atoms with Crippen LogP contribution in [0.5, 0.6) is 0 Å². The molecule has 0 aliphatic carbocycles. The molecule has 18 heavy (non-hydrogen) atoms. The molecule has 0 saturated carbocycles. The summed E-state index contributed by atoms with van der Waals surface area (Å²) in [7, 11) is 0. The van der Waals surface area contributed by atoms with Crippen molar-refractivity contribution in [2.45, 2.75) is 0 Å². The Morgan fingerprint density at radius 2 is 1.50 bits per heavy atom. The van der Waals surface area contributed by atoms with E-state index in [9.17, 15) is 4.79 Å². The van der Waals surface area contributed by atoms with Crippen molar-refractivity contribution in [2.75, 3.05) is 5.32 Å². The van der Waals surface area contributed by atoms with Crippen molar-refractivity contribution in [1.29, 1.82) is 0 Å². The first-order chi connectivity index (χ1) is 8.77. The Morgan fingerprint density at radius 3 is 2.11 bits per heavy atom. The Morgan fingerprint density at radius 1 is 0.944 bits per heavy atom. The molecule has 2 aromatic rings. The molecule has 0 heterocycles. The molecule has 0 fully saturated rings. The molecule has 2 nitrogen and oxygen atoms in total. The van der Waals surface area contributed by atoms with Crippen molar-refractivity contribution in [2.24, 2.45) is 0 Å². The number of para-hydroxylation sites is 1. The standard InChI is InChI=1S/C15H12ClNO/c16-14(11-17-13-9-5-2-6-10-13)15(18)12-7-3-1-4-8-12/h1-11,17H/b14-11-. The molecule has 0 radical (unpaired) electrons. The number of ketones is 1. The summed E-state index contributed by atoms with van der Waals surface area (Å²) in [5.41, 5.74) is 1.46. The second-order valence-corrected chi connectivity index (χ2v) is 4.10. The van der Waals surface area contributed by atoms with Crippen LogP contribution in [0.4, 0.5) is 5.69 Å². The largest absolute Gasteiger partial charge is 0.360 e. The van der Waals surface area contributed by atoms with E-state index in [-0.39, 0.29) is 10.8 Å². The minimum Gasteiger partial charge on any atom is -0.360 e. The van der Waals surface area contributed by atoms with Crippen molar-refractivity contribution < 1.29 is 4.79 Å². The maximum absolute atomic E-state index is 11.9. The molecule has 0 aromatic heterocycles. The van der Waals surface area contributed by atoms with Gasteiger partial charge < -0.3 is 5.32 Å². The zero-order valence-corrected chi connectivity index (χ0v) is 10.4. The summed E-state index contributed by atoms with van der Waals surface area (Å²) in [5, 5.41) is 3.14. The number of Topliss-reactive ketones (excluding diaryl/α,β-unsaturated/α-hetero) is 1. The van der Waals surface area contributed by atoms with Crippen molar-refractivity contribution >= 4 is 23.1 Å². The summed E-state index contributed by atoms with van der Waals surface area (Å²) in [4.78, 5) is 11.9. The van der Waals surface area contributed by atoms with Gasteiger partial charge in [-0.1, -0.05) is 60.1 Å². The first-order valence-corrected chi connectivity index (χ1v) is 5.92. The number of hydrogen-bond donors (Lipinski definition) is 1. The van der Waals surface area contributed by atoms with Gasteiger partial charge >= 0.3 is 0 Å². The van der Waals surface area contributed by atoms with Gasteiger partial charge in [-0.25, -0.2) is 0 Å². The van der Waals surface area contributed by atoms with E-state index < -0.39 is 0 Å². The molecule has 90 valence electrons. The smallest absolute Gasteiger partial charge is 0.205 e. The number of anilines is 1. The quantitative estimate of drug-likeness (QED) is 0.661. The van der Waals surface area contributed by atoms with Crippen LogP contribution >= 0.6 is 11.6 Å². The lowest BCUT2D eigenvalue weighted by molar-refractivity contribution is 0.104. The van der Waals surface area contributed by atoms with Crippen LogP contribution in [-0.4, -0.2) is 5.78 Å². The molecule has 0 atom stereocenters. The molecule has 0 bridgehead atoms. The van der Waals surface area contributed by atoms with Gasteiger partial charge in [-0.15, -0.1) is 0 Å². The van der Waals surface area contributed by atoms with Gasteiger partial charge in [0.15, 0.2) is 0 Å². The van der Waals surface area contributed by atoms with Gasteiger partial charge in [-0.05, 0) is 12.1 Å². The lowest BCUT2D eigenvalue weighted by Crippen LogP contribution is -2.00. The Balaban J connectivity index is 2.08. The number of allylic oxidation sites excluding steroid dienone is 1. The summed E-state index contributed by atoms with van der Waals surface area (Å²) in [5.74, 6) is -0.194. The third-order valence-electron chi connectivity index (χ3n) is 2.39. The summed E-state index contributed by atoms with van der Waals surface area (Å²) in [6, 6.07) is 18.5. The van der Waals surface area contributed by atoms with E-state index in [1.807, 2.05) is 48.5 Å². The van der Waals surface area contributed by atoms with E-state index in [0.717, 1.165) is 5.69 Å². The zero-order chi connectivity index (χ0) is 12.8. The highest BCUT2D eigenvalue weighted by Gasteiger charge is 2.08. The summed E-state index contributed by atoms with van der Waals surface area (Å²) < 4.78 is 0. The number of carbonyl (C=O) groups excluding carboxylic acids is 1.